The summed E-state index contributed by atoms with van der Waals surface area (Å²) in [6.45, 7) is 0. The van der Waals surface area contributed by atoms with E-state index in [-0.39, 0.29) is 5.56 Å². The first-order chi connectivity index (χ1) is 9.06. The summed E-state index contributed by atoms with van der Waals surface area (Å²) in [6, 6.07) is 7.26. The minimum absolute atomic E-state index is 0.0269. The zero-order valence-electron chi connectivity index (χ0n) is 9.70. The number of hydrogen-bond acceptors (Lipinski definition) is 4. The van der Waals surface area contributed by atoms with E-state index in [2.05, 4.69) is 32.6 Å². The van der Waals surface area contributed by atoms with Crippen molar-refractivity contribution in [2.75, 3.05) is 6.26 Å². The van der Waals surface area contributed by atoms with Crippen LogP contribution in [0.1, 0.15) is 5.56 Å². The van der Waals surface area contributed by atoms with Crippen LogP contribution in [0.5, 0.6) is 0 Å². The number of hydrogen-bond donors (Lipinski definition) is 1. The Kier molecular flexibility index (Phi) is 4.50. The predicted octanol–water partition coefficient (Wildman–Crippen LogP) is 3.29. The molecule has 0 saturated carbocycles. The lowest BCUT2D eigenvalue weighted by Gasteiger charge is -2.07. The quantitative estimate of drug-likeness (QED) is 0.475. The van der Waals surface area contributed by atoms with Crippen LogP contribution >= 0.6 is 46.0 Å². The van der Waals surface area contributed by atoms with Crippen molar-refractivity contribution in [1.29, 1.82) is 5.26 Å². The van der Waals surface area contributed by atoms with Gasteiger partial charge in [0.05, 0.1) is 10.7 Å². The van der Waals surface area contributed by atoms with Crippen molar-refractivity contribution in [3.05, 3.63) is 42.7 Å². The Morgan fingerprint density at radius 2 is 2.26 bits per heavy atom. The van der Waals surface area contributed by atoms with Crippen LogP contribution in [0, 0.1) is 14.9 Å². The molecular formula is C12H7ClIN3OS. The molecule has 4 nitrogen and oxygen atoms in total. The van der Waals surface area contributed by atoms with Crippen molar-refractivity contribution >= 4 is 46.0 Å². The van der Waals surface area contributed by atoms with Gasteiger partial charge in [-0.3, -0.25) is 4.79 Å². The summed E-state index contributed by atoms with van der Waals surface area (Å²) in [7, 11) is 0. The van der Waals surface area contributed by atoms with Crippen LogP contribution in [0.4, 0.5) is 0 Å². The van der Waals surface area contributed by atoms with Crippen molar-refractivity contribution in [1.82, 2.24) is 9.97 Å². The molecule has 0 amide bonds. The number of benzene rings is 1. The highest BCUT2D eigenvalue weighted by Gasteiger charge is 2.15. The number of nitriles is 1. The van der Waals surface area contributed by atoms with Gasteiger partial charge >= 0.3 is 0 Å². The number of rotatable bonds is 2. The fourth-order valence-electron chi connectivity index (χ4n) is 1.53. The highest BCUT2D eigenvalue weighted by atomic mass is 127. The molecule has 1 N–H and O–H groups in total. The molecule has 0 aliphatic heterocycles. The molecule has 0 aliphatic carbocycles. The Balaban J connectivity index is 2.77. The van der Waals surface area contributed by atoms with Crippen LogP contribution in [0.25, 0.3) is 11.3 Å². The first-order valence-electron chi connectivity index (χ1n) is 5.10. The van der Waals surface area contributed by atoms with Gasteiger partial charge in [-0.15, -0.1) is 0 Å². The predicted molar refractivity (Wildman–Crippen MR) is 84.5 cm³/mol. The Bertz CT molecular complexity index is 739. The first-order valence-corrected chi connectivity index (χ1v) is 7.78. The molecule has 0 radical (unpaired) electrons. The third-order valence-electron chi connectivity index (χ3n) is 2.39. The first kappa shape index (κ1) is 14.4. The molecule has 0 spiro atoms. The largest absolute Gasteiger partial charge is 0.300 e. The molecule has 7 heteroatoms. The highest BCUT2D eigenvalue weighted by molar-refractivity contribution is 14.1. The molecule has 1 aromatic heterocycles. The van der Waals surface area contributed by atoms with Gasteiger partial charge in [0.2, 0.25) is 0 Å². The van der Waals surface area contributed by atoms with Crippen LogP contribution in [-0.2, 0) is 0 Å². The Morgan fingerprint density at radius 3 is 2.84 bits per heavy atom. The summed E-state index contributed by atoms with van der Waals surface area (Å²) in [5, 5.41) is 10.0. The number of nitrogens with one attached hydrogen (secondary N) is 1. The van der Waals surface area contributed by atoms with Gasteiger partial charge in [0.15, 0.2) is 5.16 Å². The third kappa shape index (κ3) is 2.94. The van der Waals surface area contributed by atoms with Gasteiger partial charge in [0.25, 0.3) is 5.56 Å². The monoisotopic (exact) mass is 403 g/mol. The topological polar surface area (TPSA) is 69.5 Å². The number of thioether (sulfide) groups is 1. The maximum Gasteiger partial charge on any atom is 0.270 e. The van der Waals surface area contributed by atoms with E-state index in [4.69, 9.17) is 16.9 Å². The second-order valence-electron chi connectivity index (χ2n) is 3.53. The SMILES string of the molecule is CSc1nc(-c2ccc(I)cc2Cl)c(C#N)c(=O)[nH]1. The van der Waals surface area contributed by atoms with Crippen LogP contribution in [0.2, 0.25) is 5.02 Å². The molecule has 2 aromatic rings. The molecule has 0 aliphatic rings. The molecule has 0 bridgehead atoms. The van der Waals surface area contributed by atoms with Gasteiger partial charge in [0.1, 0.15) is 11.6 Å². The molecule has 0 atom stereocenters. The van der Waals surface area contributed by atoms with E-state index in [9.17, 15) is 4.79 Å². The van der Waals surface area contributed by atoms with Crippen molar-refractivity contribution in [2.45, 2.75) is 5.16 Å². The average Bonchev–Trinajstić information content (AvgIpc) is 2.37. The average molecular weight is 404 g/mol. The summed E-state index contributed by atoms with van der Waals surface area (Å²) < 4.78 is 0.972. The zero-order valence-corrected chi connectivity index (χ0v) is 13.4. The van der Waals surface area contributed by atoms with E-state index >= 15 is 0 Å². The Labute approximate surface area is 132 Å². The van der Waals surface area contributed by atoms with Gasteiger partial charge < -0.3 is 4.98 Å². The number of H-pyrrole nitrogens is 1. The summed E-state index contributed by atoms with van der Waals surface area (Å²) in [6.07, 6.45) is 1.80. The van der Waals surface area contributed by atoms with E-state index in [1.807, 2.05) is 12.1 Å². The fourth-order valence-corrected chi connectivity index (χ4v) is 2.85. The van der Waals surface area contributed by atoms with Crippen LogP contribution < -0.4 is 5.56 Å². The molecule has 0 fully saturated rings. The van der Waals surface area contributed by atoms with E-state index in [0.29, 0.717) is 21.4 Å². The van der Waals surface area contributed by atoms with Gasteiger partial charge in [0, 0.05) is 9.13 Å². The Morgan fingerprint density at radius 1 is 1.53 bits per heavy atom. The molecule has 2 rings (SSSR count). The molecule has 19 heavy (non-hydrogen) atoms. The highest BCUT2D eigenvalue weighted by Crippen LogP contribution is 2.29. The number of aromatic amines is 1. The van der Waals surface area contributed by atoms with Crippen LogP contribution in [0.15, 0.2) is 28.2 Å². The number of aromatic nitrogens is 2. The zero-order chi connectivity index (χ0) is 14.0. The maximum atomic E-state index is 11.8. The summed E-state index contributed by atoms with van der Waals surface area (Å²) in [4.78, 5) is 18.7. The van der Waals surface area contributed by atoms with E-state index in [1.54, 1.807) is 18.4 Å². The minimum atomic E-state index is -0.452. The lowest BCUT2D eigenvalue weighted by atomic mass is 10.1. The maximum absolute atomic E-state index is 11.8. The smallest absolute Gasteiger partial charge is 0.270 e. The fraction of sp³-hybridized carbons (Fsp3) is 0.0833. The van der Waals surface area contributed by atoms with Gasteiger partial charge in [-0.25, -0.2) is 4.98 Å². The molecule has 96 valence electrons. The number of nitrogens with zero attached hydrogens (tertiary/aromatic N) is 2. The molecule has 0 saturated heterocycles. The molecular weight excluding hydrogens is 397 g/mol. The van der Waals surface area contributed by atoms with Crippen LogP contribution in [-0.4, -0.2) is 16.2 Å². The Hall–Kier alpha value is -1.04. The molecule has 1 heterocycles. The van der Waals surface area contributed by atoms with Crippen molar-refractivity contribution < 1.29 is 0 Å². The number of halogens is 2. The third-order valence-corrected chi connectivity index (χ3v) is 3.95. The lowest BCUT2D eigenvalue weighted by Crippen LogP contribution is -2.14. The normalized spacial score (nSPS) is 10.2. The summed E-state index contributed by atoms with van der Waals surface area (Å²) >= 11 is 9.61. The van der Waals surface area contributed by atoms with Crippen molar-refractivity contribution in [3.63, 3.8) is 0 Å². The van der Waals surface area contributed by atoms with Crippen molar-refractivity contribution in [2.24, 2.45) is 0 Å². The van der Waals surface area contributed by atoms with Gasteiger partial charge in [-0.05, 0) is 41.0 Å². The summed E-state index contributed by atoms with van der Waals surface area (Å²) in [5.41, 5.74) is 0.421. The van der Waals surface area contributed by atoms with Crippen molar-refractivity contribution in [3.8, 4) is 17.3 Å². The standard InChI is InChI=1S/C12H7ClIN3OS/c1-19-12-16-10(8(5-15)11(18)17-12)7-3-2-6(14)4-9(7)13/h2-4H,1H3,(H,16,17,18). The van der Waals surface area contributed by atoms with Gasteiger partial charge in [-0.2, -0.15) is 5.26 Å². The van der Waals surface area contributed by atoms with E-state index in [0.717, 1.165) is 3.57 Å². The van der Waals surface area contributed by atoms with Gasteiger partial charge in [-0.1, -0.05) is 29.4 Å². The molecule has 0 unspecified atom stereocenters. The second kappa shape index (κ2) is 5.94. The second-order valence-corrected chi connectivity index (χ2v) is 5.98. The van der Waals surface area contributed by atoms with Crippen LogP contribution in [0.3, 0.4) is 0 Å². The lowest BCUT2D eigenvalue weighted by molar-refractivity contribution is 0.937. The minimum Gasteiger partial charge on any atom is -0.300 e. The van der Waals surface area contributed by atoms with E-state index < -0.39 is 5.56 Å². The summed E-state index contributed by atoms with van der Waals surface area (Å²) in [5.74, 6) is 0. The van der Waals surface area contributed by atoms with E-state index in [1.165, 1.54) is 11.8 Å². The molecule has 1 aromatic carbocycles.